The number of hydrogen-bond donors (Lipinski definition) is 1. The Hall–Kier alpha value is -1.58. The van der Waals surface area contributed by atoms with E-state index >= 15 is 0 Å². The molecule has 0 aliphatic rings. The quantitative estimate of drug-likeness (QED) is 0.0414. The molecule has 0 aromatic heterocycles. The minimum Gasteiger partial charge on any atom is -0.481 e. The van der Waals surface area contributed by atoms with Crippen LogP contribution in [0.4, 0.5) is 0 Å². The summed E-state index contributed by atoms with van der Waals surface area (Å²) in [6.07, 6.45) is 47.8. The Balaban J connectivity index is 3.92. The molecular formula is C42H78O4. The highest BCUT2D eigenvalue weighted by Crippen LogP contribution is 2.19. The monoisotopic (exact) mass is 647 g/mol. The van der Waals surface area contributed by atoms with E-state index in [0.29, 0.717) is 12.8 Å². The smallest absolute Gasteiger partial charge is 0.306 e. The van der Waals surface area contributed by atoms with Crippen LogP contribution >= 0.6 is 0 Å². The van der Waals surface area contributed by atoms with E-state index in [4.69, 9.17) is 9.84 Å². The largest absolute Gasteiger partial charge is 0.481 e. The molecule has 0 aliphatic carbocycles. The molecule has 0 fully saturated rings. The van der Waals surface area contributed by atoms with Crippen LogP contribution in [0, 0.1) is 0 Å². The van der Waals surface area contributed by atoms with Gasteiger partial charge in [-0.05, 0) is 70.6 Å². The van der Waals surface area contributed by atoms with Gasteiger partial charge in [0, 0.05) is 12.8 Å². The van der Waals surface area contributed by atoms with Gasteiger partial charge in [0.2, 0.25) is 0 Å². The van der Waals surface area contributed by atoms with Crippen molar-refractivity contribution in [1.82, 2.24) is 0 Å². The van der Waals surface area contributed by atoms with Gasteiger partial charge in [-0.15, -0.1) is 0 Å². The molecule has 4 nitrogen and oxygen atoms in total. The molecule has 0 aromatic rings. The summed E-state index contributed by atoms with van der Waals surface area (Å²) in [6, 6.07) is 0. The van der Waals surface area contributed by atoms with Gasteiger partial charge < -0.3 is 9.84 Å². The molecular weight excluding hydrogens is 568 g/mol. The minimum atomic E-state index is -0.674. The normalized spacial score (nSPS) is 12.4. The highest BCUT2D eigenvalue weighted by molar-refractivity contribution is 5.69. The van der Waals surface area contributed by atoms with Crippen molar-refractivity contribution in [2.75, 3.05) is 0 Å². The molecule has 1 N–H and O–H groups in total. The predicted molar refractivity (Wildman–Crippen MR) is 200 cm³/mol. The van der Waals surface area contributed by atoms with Gasteiger partial charge in [0.15, 0.2) is 0 Å². The van der Waals surface area contributed by atoms with E-state index in [2.05, 4.69) is 38.2 Å². The van der Waals surface area contributed by atoms with Crippen LogP contribution in [0.3, 0.4) is 0 Å². The Morgan fingerprint density at radius 2 is 0.848 bits per heavy atom. The van der Waals surface area contributed by atoms with Crippen LogP contribution < -0.4 is 0 Å². The molecule has 46 heavy (non-hydrogen) atoms. The summed E-state index contributed by atoms with van der Waals surface area (Å²) >= 11 is 0. The molecule has 0 heterocycles. The summed E-state index contributed by atoms with van der Waals surface area (Å²) in [5, 5.41) is 8.71. The third-order valence-electron chi connectivity index (χ3n) is 9.18. The van der Waals surface area contributed by atoms with Gasteiger partial charge >= 0.3 is 11.9 Å². The zero-order valence-corrected chi connectivity index (χ0v) is 30.9. The number of esters is 1. The zero-order chi connectivity index (χ0) is 33.6. The number of ether oxygens (including phenoxy) is 1. The number of carboxylic acid groups (broad SMARTS) is 1. The summed E-state index contributed by atoms with van der Waals surface area (Å²) in [6.45, 7) is 4.52. The number of rotatable bonds is 37. The second-order valence-corrected chi connectivity index (χ2v) is 13.8. The average Bonchev–Trinajstić information content (AvgIpc) is 3.04. The molecule has 0 saturated heterocycles. The predicted octanol–water partition coefficient (Wildman–Crippen LogP) is 14.0. The minimum absolute atomic E-state index is 0.0296. The van der Waals surface area contributed by atoms with Gasteiger partial charge in [0.1, 0.15) is 6.10 Å². The number of carbonyl (C=O) groups excluding carboxylic acids is 1. The Morgan fingerprint density at radius 3 is 1.33 bits per heavy atom. The average molecular weight is 647 g/mol. The lowest BCUT2D eigenvalue weighted by Gasteiger charge is -2.18. The second-order valence-electron chi connectivity index (χ2n) is 13.8. The van der Waals surface area contributed by atoms with Crippen LogP contribution in [0.1, 0.15) is 226 Å². The third kappa shape index (κ3) is 36.9. The van der Waals surface area contributed by atoms with Gasteiger partial charge in [0.25, 0.3) is 0 Å². The first-order chi connectivity index (χ1) is 22.6. The Labute approximate surface area is 287 Å². The summed E-state index contributed by atoms with van der Waals surface area (Å²) in [5.41, 5.74) is 0. The van der Waals surface area contributed by atoms with Crippen LogP contribution in [0.2, 0.25) is 0 Å². The zero-order valence-electron chi connectivity index (χ0n) is 30.9. The third-order valence-corrected chi connectivity index (χ3v) is 9.18. The Bertz CT molecular complexity index is 698. The number of carboxylic acids is 1. The molecule has 0 radical (unpaired) electrons. The first-order valence-corrected chi connectivity index (χ1v) is 20.3. The summed E-state index contributed by atoms with van der Waals surface area (Å²) in [5.74, 6) is -0.645. The number of allylic oxidation sites excluding steroid dienone is 4. The van der Waals surface area contributed by atoms with Crippen molar-refractivity contribution < 1.29 is 19.4 Å². The summed E-state index contributed by atoms with van der Waals surface area (Å²) in [7, 11) is 0. The first kappa shape index (κ1) is 44.4. The maximum Gasteiger partial charge on any atom is 0.306 e. The molecule has 0 rings (SSSR count). The van der Waals surface area contributed by atoms with Crippen LogP contribution in [0.5, 0.6) is 0 Å². The second kappa shape index (κ2) is 37.9. The molecule has 1 unspecified atom stereocenters. The lowest BCUT2D eigenvalue weighted by Crippen LogP contribution is -2.18. The molecule has 1 atom stereocenters. The standard InChI is InChI=1S/C42H78O4/c1-3-5-7-9-11-12-13-14-15-16-17-18-19-24-27-31-35-39-42(45)46-40(36-32-28-10-8-6-4-2)37-33-29-25-22-20-21-23-26-30-34-38-41(43)44/h11-12,14-15,40H,3-10,13,16-39H2,1-2H3,(H,43,44)/b12-11-,15-14-. The fourth-order valence-electron chi connectivity index (χ4n) is 6.16. The highest BCUT2D eigenvalue weighted by Gasteiger charge is 2.14. The van der Waals surface area contributed by atoms with Crippen molar-refractivity contribution in [3.05, 3.63) is 24.3 Å². The van der Waals surface area contributed by atoms with Crippen molar-refractivity contribution in [3.63, 3.8) is 0 Å². The van der Waals surface area contributed by atoms with Crippen molar-refractivity contribution in [3.8, 4) is 0 Å². The van der Waals surface area contributed by atoms with E-state index in [1.165, 1.54) is 141 Å². The molecule has 0 bridgehead atoms. The molecule has 0 aromatic carbocycles. The number of aliphatic carboxylic acids is 1. The van der Waals surface area contributed by atoms with Crippen molar-refractivity contribution >= 4 is 11.9 Å². The van der Waals surface area contributed by atoms with E-state index in [1.807, 2.05) is 0 Å². The molecule has 0 spiro atoms. The van der Waals surface area contributed by atoms with Crippen LogP contribution in [-0.4, -0.2) is 23.1 Å². The first-order valence-electron chi connectivity index (χ1n) is 20.3. The highest BCUT2D eigenvalue weighted by atomic mass is 16.5. The molecule has 4 heteroatoms. The molecule has 0 saturated carbocycles. The van der Waals surface area contributed by atoms with Gasteiger partial charge in [-0.1, -0.05) is 167 Å². The molecule has 0 amide bonds. The topological polar surface area (TPSA) is 63.6 Å². The lowest BCUT2D eigenvalue weighted by atomic mass is 10.0. The van der Waals surface area contributed by atoms with E-state index in [1.54, 1.807) is 0 Å². The van der Waals surface area contributed by atoms with Gasteiger partial charge in [0.05, 0.1) is 0 Å². The van der Waals surface area contributed by atoms with E-state index in [0.717, 1.165) is 57.8 Å². The SMILES string of the molecule is CCCCC/C=C\C/C=C\CCCCCCCCCC(=O)OC(CCCCCCCC)CCCCCCCCCCCCC(=O)O. The Morgan fingerprint density at radius 1 is 0.478 bits per heavy atom. The maximum atomic E-state index is 12.7. The van der Waals surface area contributed by atoms with Crippen molar-refractivity contribution in [2.24, 2.45) is 0 Å². The van der Waals surface area contributed by atoms with Crippen LogP contribution in [-0.2, 0) is 14.3 Å². The number of hydrogen-bond acceptors (Lipinski definition) is 3. The van der Waals surface area contributed by atoms with E-state index in [-0.39, 0.29) is 12.1 Å². The van der Waals surface area contributed by atoms with Gasteiger partial charge in [-0.2, -0.15) is 0 Å². The van der Waals surface area contributed by atoms with Gasteiger partial charge in [-0.25, -0.2) is 0 Å². The van der Waals surface area contributed by atoms with Gasteiger partial charge in [-0.3, -0.25) is 9.59 Å². The summed E-state index contributed by atoms with van der Waals surface area (Å²) < 4.78 is 6.03. The summed E-state index contributed by atoms with van der Waals surface area (Å²) in [4.78, 5) is 23.2. The fraction of sp³-hybridized carbons (Fsp3) is 0.857. The Kier molecular flexibility index (Phi) is 36.6. The maximum absolute atomic E-state index is 12.7. The number of carbonyl (C=O) groups is 2. The fourth-order valence-corrected chi connectivity index (χ4v) is 6.16. The molecule has 0 aliphatic heterocycles. The lowest BCUT2D eigenvalue weighted by molar-refractivity contribution is -0.150. The van der Waals surface area contributed by atoms with Crippen LogP contribution in [0.15, 0.2) is 24.3 Å². The van der Waals surface area contributed by atoms with Crippen molar-refractivity contribution in [1.29, 1.82) is 0 Å². The van der Waals surface area contributed by atoms with Crippen molar-refractivity contribution in [2.45, 2.75) is 232 Å². The number of unbranched alkanes of at least 4 members (excludes halogenated alkanes) is 24. The van der Waals surface area contributed by atoms with E-state index in [9.17, 15) is 9.59 Å². The van der Waals surface area contributed by atoms with Crippen LogP contribution in [0.25, 0.3) is 0 Å². The molecule has 270 valence electrons. The van der Waals surface area contributed by atoms with E-state index < -0.39 is 5.97 Å².